The number of carboxylic acid groups (broad SMARTS) is 1. The minimum atomic E-state index is -0.709. The summed E-state index contributed by atoms with van der Waals surface area (Å²) in [4.78, 5) is 13.3. The van der Waals surface area contributed by atoms with Gasteiger partial charge in [0.25, 0.3) is 0 Å². The normalized spacial score (nSPS) is 25.6. The van der Waals surface area contributed by atoms with Crippen LogP contribution in [0.15, 0.2) is 0 Å². The Hall–Kier alpha value is -0.570. The molecule has 1 N–H and O–H groups in total. The Morgan fingerprint density at radius 2 is 1.84 bits per heavy atom. The minimum Gasteiger partial charge on any atom is -0.480 e. The summed E-state index contributed by atoms with van der Waals surface area (Å²) in [5.74, 6) is 0.859. The van der Waals surface area contributed by atoms with Crippen LogP contribution in [-0.2, 0) is 4.79 Å². The molecule has 0 radical (unpaired) electrons. The van der Waals surface area contributed by atoms with E-state index < -0.39 is 5.97 Å². The lowest BCUT2D eigenvalue weighted by Crippen LogP contribution is -2.50. The Bertz CT molecular complexity index is 294. The molecule has 1 saturated carbocycles. The molecule has 19 heavy (non-hydrogen) atoms. The van der Waals surface area contributed by atoms with Crippen molar-refractivity contribution in [2.24, 2.45) is 11.8 Å². The zero-order valence-electron chi connectivity index (χ0n) is 13.3. The number of nitrogens with zero attached hydrogens (tertiary/aromatic N) is 1. The van der Waals surface area contributed by atoms with Crippen LogP contribution < -0.4 is 0 Å². The molecule has 1 rings (SSSR count). The first kappa shape index (κ1) is 16.5. The molecule has 2 unspecified atom stereocenters. The Kier molecular flexibility index (Phi) is 5.84. The molecule has 1 fully saturated rings. The van der Waals surface area contributed by atoms with Crippen LogP contribution >= 0.6 is 0 Å². The zero-order chi connectivity index (χ0) is 14.6. The van der Waals surface area contributed by atoms with Gasteiger partial charge in [0.15, 0.2) is 0 Å². The first-order valence-corrected chi connectivity index (χ1v) is 7.70. The van der Waals surface area contributed by atoms with E-state index in [0.717, 1.165) is 24.7 Å². The highest BCUT2D eigenvalue weighted by Crippen LogP contribution is 2.33. The number of hydrogen-bond acceptors (Lipinski definition) is 2. The van der Waals surface area contributed by atoms with Gasteiger partial charge in [0.1, 0.15) is 0 Å². The highest BCUT2D eigenvalue weighted by Gasteiger charge is 2.32. The van der Waals surface area contributed by atoms with Crippen LogP contribution in [0, 0.1) is 11.8 Å². The van der Waals surface area contributed by atoms with Gasteiger partial charge in [0.2, 0.25) is 0 Å². The number of hydrogen-bond donors (Lipinski definition) is 1. The highest BCUT2D eigenvalue weighted by molar-refractivity contribution is 5.69. The zero-order valence-corrected chi connectivity index (χ0v) is 13.3. The third-order valence-electron chi connectivity index (χ3n) is 4.53. The van der Waals surface area contributed by atoms with Crippen molar-refractivity contribution in [2.75, 3.05) is 6.54 Å². The average molecular weight is 269 g/mol. The van der Waals surface area contributed by atoms with Gasteiger partial charge in [-0.05, 0) is 51.9 Å². The fraction of sp³-hybridized carbons (Fsp3) is 0.938. The summed E-state index contributed by atoms with van der Waals surface area (Å²) in [6, 6.07) is 0.430. The van der Waals surface area contributed by atoms with E-state index in [4.69, 9.17) is 5.11 Å². The second-order valence-electron chi connectivity index (χ2n) is 7.36. The summed E-state index contributed by atoms with van der Waals surface area (Å²) < 4.78 is 0. The summed E-state index contributed by atoms with van der Waals surface area (Å²) in [6.45, 7) is 11.2. The lowest BCUT2D eigenvalue weighted by molar-refractivity contribution is -0.140. The van der Waals surface area contributed by atoms with Gasteiger partial charge in [-0.1, -0.05) is 26.7 Å². The van der Waals surface area contributed by atoms with Crippen LogP contribution in [0.5, 0.6) is 0 Å². The summed E-state index contributed by atoms with van der Waals surface area (Å²) in [6.07, 6.45) is 6.08. The Labute approximate surface area is 118 Å². The van der Waals surface area contributed by atoms with Crippen LogP contribution in [0.2, 0.25) is 0 Å². The predicted octanol–water partition coefficient (Wildman–Crippen LogP) is 3.78. The van der Waals surface area contributed by atoms with Gasteiger partial charge in [-0.25, -0.2) is 0 Å². The molecular formula is C16H31NO2. The maximum atomic E-state index is 11.1. The molecule has 0 aliphatic heterocycles. The molecule has 0 saturated heterocycles. The summed E-state index contributed by atoms with van der Waals surface area (Å²) in [7, 11) is 0. The lowest BCUT2D eigenvalue weighted by Gasteiger charge is -2.40. The number of rotatable bonds is 4. The Balaban J connectivity index is 2.72. The summed E-state index contributed by atoms with van der Waals surface area (Å²) in [5, 5.41) is 9.15. The van der Waals surface area contributed by atoms with Crippen molar-refractivity contribution in [1.82, 2.24) is 4.90 Å². The van der Waals surface area contributed by atoms with Gasteiger partial charge in [0, 0.05) is 11.6 Å². The van der Waals surface area contributed by atoms with Crippen LogP contribution in [-0.4, -0.2) is 34.1 Å². The largest absolute Gasteiger partial charge is 0.480 e. The van der Waals surface area contributed by atoms with Gasteiger partial charge >= 0.3 is 5.97 Å². The fourth-order valence-corrected chi connectivity index (χ4v) is 3.35. The van der Waals surface area contributed by atoms with E-state index in [1.807, 2.05) is 0 Å². The van der Waals surface area contributed by atoms with E-state index in [0.29, 0.717) is 6.04 Å². The summed E-state index contributed by atoms with van der Waals surface area (Å²) in [5.41, 5.74) is -0.0687. The van der Waals surface area contributed by atoms with E-state index in [9.17, 15) is 4.79 Å². The standard InChI is InChI=1S/C16H31NO2/c1-12(2)13-7-6-8-14(10-9-13)17(11-15(18)19)16(3,4)5/h12-14H,6-11H2,1-5H3,(H,18,19). The van der Waals surface area contributed by atoms with E-state index in [-0.39, 0.29) is 12.1 Å². The summed E-state index contributed by atoms with van der Waals surface area (Å²) >= 11 is 0. The molecular weight excluding hydrogens is 238 g/mol. The third-order valence-corrected chi connectivity index (χ3v) is 4.53. The number of aliphatic carboxylic acids is 1. The van der Waals surface area contributed by atoms with Crippen LogP contribution in [0.4, 0.5) is 0 Å². The monoisotopic (exact) mass is 269 g/mol. The van der Waals surface area contributed by atoms with Gasteiger partial charge in [0.05, 0.1) is 6.54 Å². The van der Waals surface area contributed by atoms with Crippen molar-refractivity contribution in [2.45, 2.75) is 78.3 Å². The van der Waals surface area contributed by atoms with Crippen molar-refractivity contribution < 1.29 is 9.90 Å². The molecule has 0 aromatic heterocycles. The topological polar surface area (TPSA) is 40.5 Å². The molecule has 112 valence electrons. The van der Waals surface area contributed by atoms with Crippen molar-refractivity contribution >= 4 is 5.97 Å². The molecule has 3 heteroatoms. The van der Waals surface area contributed by atoms with Crippen molar-refractivity contribution in [3.8, 4) is 0 Å². The Morgan fingerprint density at radius 3 is 2.32 bits per heavy atom. The van der Waals surface area contributed by atoms with Crippen molar-refractivity contribution in [3.05, 3.63) is 0 Å². The van der Waals surface area contributed by atoms with E-state index in [1.54, 1.807) is 0 Å². The molecule has 0 aromatic carbocycles. The molecule has 1 aliphatic rings. The maximum Gasteiger partial charge on any atom is 0.317 e. The highest BCUT2D eigenvalue weighted by atomic mass is 16.4. The molecule has 2 atom stereocenters. The number of carbonyl (C=O) groups is 1. The van der Waals surface area contributed by atoms with E-state index in [2.05, 4.69) is 39.5 Å². The van der Waals surface area contributed by atoms with E-state index in [1.165, 1.54) is 19.3 Å². The van der Waals surface area contributed by atoms with Crippen molar-refractivity contribution in [1.29, 1.82) is 0 Å². The first-order chi connectivity index (χ1) is 8.71. The molecule has 0 aromatic rings. The smallest absolute Gasteiger partial charge is 0.317 e. The first-order valence-electron chi connectivity index (χ1n) is 7.70. The fourth-order valence-electron chi connectivity index (χ4n) is 3.35. The molecule has 3 nitrogen and oxygen atoms in total. The third kappa shape index (κ3) is 5.13. The lowest BCUT2D eigenvalue weighted by atomic mass is 9.89. The molecule has 0 amide bonds. The molecule has 1 aliphatic carbocycles. The van der Waals surface area contributed by atoms with Gasteiger partial charge in [-0.3, -0.25) is 9.69 Å². The Morgan fingerprint density at radius 1 is 1.21 bits per heavy atom. The maximum absolute atomic E-state index is 11.1. The molecule has 0 spiro atoms. The van der Waals surface area contributed by atoms with Crippen molar-refractivity contribution in [3.63, 3.8) is 0 Å². The van der Waals surface area contributed by atoms with Gasteiger partial charge in [-0.15, -0.1) is 0 Å². The second-order valence-corrected chi connectivity index (χ2v) is 7.36. The van der Waals surface area contributed by atoms with Crippen LogP contribution in [0.1, 0.15) is 66.7 Å². The predicted molar refractivity (Wildman–Crippen MR) is 79.3 cm³/mol. The van der Waals surface area contributed by atoms with Crippen LogP contribution in [0.25, 0.3) is 0 Å². The quantitative estimate of drug-likeness (QED) is 0.790. The second kappa shape index (κ2) is 6.74. The number of carboxylic acids is 1. The molecule has 0 bridgehead atoms. The molecule has 0 heterocycles. The minimum absolute atomic E-state index is 0.0687. The SMILES string of the molecule is CC(C)C1CCCC(N(CC(=O)O)C(C)(C)C)CC1. The van der Waals surface area contributed by atoms with Gasteiger partial charge in [-0.2, -0.15) is 0 Å². The van der Waals surface area contributed by atoms with E-state index >= 15 is 0 Å². The van der Waals surface area contributed by atoms with Crippen LogP contribution in [0.3, 0.4) is 0 Å². The van der Waals surface area contributed by atoms with Gasteiger partial charge < -0.3 is 5.11 Å². The average Bonchev–Trinajstić information content (AvgIpc) is 2.49.